The van der Waals surface area contributed by atoms with Crippen LogP contribution in [0.25, 0.3) is 0 Å². The molecule has 0 fully saturated rings. The lowest BCUT2D eigenvalue weighted by Crippen LogP contribution is -2.24. The average Bonchev–Trinajstić information content (AvgIpc) is 2.58. The van der Waals surface area contributed by atoms with Crippen molar-refractivity contribution in [2.75, 3.05) is 0 Å². The zero-order chi connectivity index (χ0) is 13.9. The summed E-state index contributed by atoms with van der Waals surface area (Å²) in [5.41, 5.74) is 2.48. The molecule has 18 heavy (non-hydrogen) atoms. The van der Waals surface area contributed by atoms with Crippen LogP contribution in [-0.4, -0.2) is 21.0 Å². The number of aliphatic hydroxyl groups is 1. The molecule has 0 aliphatic rings. The van der Waals surface area contributed by atoms with Crippen LogP contribution in [0.4, 0.5) is 0 Å². The summed E-state index contributed by atoms with van der Waals surface area (Å²) in [6, 6.07) is 2.10. The van der Waals surface area contributed by atoms with Crippen LogP contribution in [-0.2, 0) is 19.9 Å². The number of aryl methyl sites for hydroxylation is 2. The molecule has 1 heterocycles. The first kappa shape index (κ1) is 15.2. The minimum Gasteiger partial charge on any atom is -0.393 e. The van der Waals surface area contributed by atoms with Gasteiger partial charge in [0.1, 0.15) is 0 Å². The third-order valence-corrected chi connectivity index (χ3v) is 3.94. The molecule has 0 bridgehead atoms. The highest BCUT2D eigenvalue weighted by Crippen LogP contribution is 2.29. The zero-order valence-electron chi connectivity index (χ0n) is 12.7. The molecule has 1 N–H and O–H groups in total. The molecular formula is C15H28N2O. The van der Waals surface area contributed by atoms with Gasteiger partial charge >= 0.3 is 0 Å². The van der Waals surface area contributed by atoms with E-state index in [1.165, 1.54) is 0 Å². The average molecular weight is 252 g/mol. The summed E-state index contributed by atoms with van der Waals surface area (Å²) in [6.07, 6.45) is 2.21. The van der Waals surface area contributed by atoms with Gasteiger partial charge in [-0.25, -0.2) is 0 Å². The number of hydrogen-bond donors (Lipinski definition) is 1. The van der Waals surface area contributed by atoms with Gasteiger partial charge in [-0.1, -0.05) is 34.6 Å². The molecule has 1 aromatic heterocycles. The van der Waals surface area contributed by atoms with Crippen molar-refractivity contribution in [2.24, 2.45) is 18.4 Å². The summed E-state index contributed by atoms with van der Waals surface area (Å²) in [4.78, 5) is 0. The van der Waals surface area contributed by atoms with E-state index in [2.05, 4.69) is 45.8 Å². The van der Waals surface area contributed by atoms with Gasteiger partial charge in [-0.15, -0.1) is 0 Å². The van der Waals surface area contributed by atoms with E-state index in [0.717, 1.165) is 24.2 Å². The molecule has 0 radical (unpaired) electrons. The molecule has 2 unspecified atom stereocenters. The van der Waals surface area contributed by atoms with Gasteiger partial charge in [0.2, 0.25) is 0 Å². The molecule has 0 saturated carbocycles. The lowest BCUT2D eigenvalue weighted by molar-refractivity contribution is 0.109. The van der Waals surface area contributed by atoms with E-state index in [9.17, 15) is 5.11 Å². The van der Waals surface area contributed by atoms with Crippen LogP contribution in [0.1, 0.15) is 52.4 Å². The fraction of sp³-hybridized carbons (Fsp3) is 0.800. The summed E-state index contributed by atoms with van der Waals surface area (Å²) in [5, 5.41) is 14.6. The summed E-state index contributed by atoms with van der Waals surface area (Å²) in [7, 11) is 1.95. The van der Waals surface area contributed by atoms with Crippen LogP contribution in [0.3, 0.4) is 0 Å². The van der Waals surface area contributed by atoms with Gasteiger partial charge < -0.3 is 5.11 Å². The van der Waals surface area contributed by atoms with Gasteiger partial charge in [-0.3, -0.25) is 4.68 Å². The number of nitrogens with zero attached hydrogens (tertiary/aromatic N) is 2. The Labute approximate surface area is 111 Å². The molecule has 104 valence electrons. The monoisotopic (exact) mass is 252 g/mol. The van der Waals surface area contributed by atoms with E-state index < -0.39 is 0 Å². The first-order valence-electron chi connectivity index (χ1n) is 6.93. The molecule has 0 saturated heterocycles. The van der Waals surface area contributed by atoms with E-state index in [1.54, 1.807) is 0 Å². The largest absolute Gasteiger partial charge is 0.393 e. The summed E-state index contributed by atoms with van der Waals surface area (Å²) in [6.45, 7) is 11.0. The second-order valence-corrected chi connectivity index (χ2v) is 6.46. The van der Waals surface area contributed by atoms with Crippen LogP contribution < -0.4 is 0 Å². The van der Waals surface area contributed by atoms with Gasteiger partial charge in [-0.2, -0.15) is 5.10 Å². The van der Waals surface area contributed by atoms with Crippen LogP contribution in [0, 0.1) is 11.3 Å². The molecule has 0 aliphatic carbocycles. The number of aromatic nitrogens is 2. The first-order valence-corrected chi connectivity index (χ1v) is 6.93. The number of rotatable bonds is 5. The summed E-state index contributed by atoms with van der Waals surface area (Å²) < 4.78 is 1.89. The Morgan fingerprint density at radius 2 is 2.00 bits per heavy atom. The van der Waals surface area contributed by atoms with Crippen LogP contribution in [0.2, 0.25) is 0 Å². The van der Waals surface area contributed by atoms with Crippen molar-refractivity contribution < 1.29 is 5.11 Å². The maximum absolute atomic E-state index is 10.2. The molecule has 0 spiro atoms. The standard InChI is InChI=1S/C15H28N2O/c1-7-12-9-13(17(6)16-12)10-14(18)8-11(2)15(3,4)5/h9,11,14,18H,7-8,10H2,1-6H3. The molecule has 1 aromatic rings. The van der Waals surface area contributed by atoms with E-state index in [-0.39, 0.29) is 11.5 Å². The first-order chi connectivity index (χ1) is 8.24. The Hall–Kier alpha value is -0.830. The van der Waals surface area contributed by atoms with Crippen molar-refractivity contribution in [2.45, 2.75) is 60.0 Å². The number of aliphatic hydroxyl groups excluding tert-OH is 1. The molecule has 1 rings (SSSR count). The number of hydrogen-bond acceptors (Lipinski definition) is 2. The third-order valence-electron chi connectivity index (χ3n) is 3.94. The molecular weight excluding hydrogens is 224 g/mol. The SMILES string of the molecule is CCc1cc(CC(O)CC(C)C(C)(C)C)n(C)n1. The molecule has 0 aliphatic heterocycles. The van der Waals surface area contributed by atoms with Crippen LogP contribution in [0.5, 0.6) is 0 Å². The molecule has 2 atom stereocenters. The second kappa shape index (κ2) is 5.87. The minimum atomic E-state index is -0.278. The normalized spacial score (nSPS) is 15.7. The molecule has 0 aromatic carbocycles. The van der Waals surface area contributed by atoms with Crippen LogP contribution in [0.15, 0.2) is 6.07 Å². The van der Waals surface area contributed by atoms with E-state index in [1.807, 2.05) is 11.7 Å². The lowest BCUT2D eigenvalue weighted by atomic mass is 9.78. The summed E-state index contributed by atoms with van der Waals surface area (Å²) >= 11 is 0. The third kappa shape index (κ3) is 4.13. The Kier molecular flexibility index (Phi) is 4.97. The van der Waals surface area contributed by atoms with Crippen molar-refractivity contribution in [1.82, 2.24) is 9.78 Å². The van der Waals surface area contributed by atoms with Crippen molar-refractivity contribution in [3.05, 3.63) is 17.5 Å². The van der Waals surface area contributed by atoms with Crippen LogP contribution >= 0.6 is 0 Å². The highest BCUT2D eigenvalue weighted by molar-refractivity contribution is 5.11. The van der Waals surface area contributed by atoms with Gasteiger partial charge in [0.15, 0.2) is 0 Å². The predicted octanol–water partition coefficient (Wildman–Crippen LogP) is 2.96. The second-order valence-electron chi connectivity index (χ2n) is 6.46. The maximum atomic E-state index is 10.2. The summed E-state index contributed by atoms with van der Waals surface area (Å²) in [5.74, 6) is 0.506. The Morgan fingerprint density at radius 3 is 2.44 bits per heavy atom. The van der Waals surface area contributed by atoms with Crippen molar-refractivity contribution in [3.8, 4) is 0 Å². The van der Waals surface area contributed by atoms with Crippen molar-refractivity contribution in [1.29, 1.82) is 0 Å². The fourth-order valence-electron chi connectivity index (χ4n) is 2.02. The zero-order valence-corrected chi connectivity index (χ0v) is 12.7. The van der Waals surface area contributed by atoms with Crippen molar-refractivity contribution in [3.63, 3.8) is 0 Å². The molecule has 0 amide bonds. The highest BCUT2D eigenvalue weighted by atomic mass is 16.3. The quantitative estimate of drug-likeness (QED) is 0.875. The molecule has 3 heteroatoms. The lowest BCUT2D eigenvalue weighted by Gasteiger charge is -2.29. The maximum Gasteiger partial charge on any atom is 0.0624 e. The smallest absolute Gasteiger partial charge is 0.0624 e. The van der Waals surface area contributed by atoms with Gasteiger partial charge in [0.25, 0.3) is 0 Å². The topological polar surface area (TPSA) is 38.0 Å². The van der Waals surface area contributed by atoms with E-state index >= 15 is 0 Å². The van der Waals surface area contributed by atoms with E-state index in [0.29, 0.717) is 12.3 Å². The minimum absolute atomic E-state index is 0.252. The fourth-order valence-corrected chi connectivity index (χ4v) is 2.02. The Morgan fingerprint density at radius 1 is 1.39 bits per heavy atom. The highest BCUT2D eigenvalue weighted by Gasteiger charge is 2.23. The predicted molar refractivity (Wildman–Crippen MR) is 75.5 cm³/mol. The van der Waals surface area contributed by atoms with Gasteiger partial charge in [0.05, 0.1) is 11.8 Å². The Bertz CT molecular complexity index is 376. The van der Waals surface area contributed by atoms with Gasteiger partial charge in [0, 0.05) is 19.2 Å². The Balaban J connectivity index is 2.59. The van der Waals surface area contributed by atoms with E-state index in [4.69, 9.17) is 0 Å². The van der Waals surface area contributed by atoms with Crippen molar-refractivity contribution >= 4 is 0 Å². The molecule has 3 nitrogen and oxygen atoms in total. The van der Waals surface area contributed by atoms with Gasteiger partial charge in [-0.05, 0) is 30.2 Å².